The van der Waals surface area contributed by atoms with E-state index in [9.17, 15) is 21.6 Å². The lowest BCUT2D eigenvalue weighted by Crippen LogP contribution is -2.43. The Morgan fingerprint density at radius 3 is 2.26 bits per heavy atom. The molecule has 1 aliphatic heterocycles. The van der Waals surface area contributed by atoms with Gasteiger partial charge in [-0.3, -0.25) is 0 Å². The van der Waals surface area contributed by atoms with Crippen LogP contribution < -0.4 is 4.89 Å². The number of carbonyl (C=O) groups is 1. The number of ether oxygens (including phenoxy) is 1. The molecule has 0 unspecified atom stereocenters. The summed E-state index contributed by atoms with van der Waals surface area (Å²) in [6.07, 6.45) is 0.00915. The van der Waals surface area contributed by atoms with Crippen molar-refractivity contribution in [2.24, 2.45) is 0 Å². The van der Waals surface area contributed by atoms with E-state index in [4.69, 9.17) is 4.74 Å². The number of nitrogens with zero attached hydrogens (tertiary/aromatic N) is 1. The van der Waals surface area contributed by atoms with Crippen LogP contribution >= 0.6 is 0 Å². The normalized spacial score (nSPS) is 16.1. The summed E-state index contributed by atoms with van der Waals surface area (Å²) < 4.78 is 52.8. The van der Waals surface area contributed by atoms with Crippen LogP contribution in [0.25, 0.3) is 0 Å². The molecule has 0 saturated carbocycles. The minimum Gasteiger partial charge on any atom is -0.378 e. The minimum atomic E-state index is -4.34. The number of sulfone groups is 1. The molecule has 0 aliphatic carbocycles. The second-order valence-electron chi connectivity index (χ2n) is 4.77. The van der Waals surface area contributed by atoms with Crippen molar-refractivity contribution in [2.45, 2.75) is 9.79 Å². The molecule has 23 heavy (non-hydrogen) atoms. The van der Waals surface area contributed by atoms with Crippen LogP contribution in [0, 0.1) is 0 Å². The molecule has 0 bridgehead atoms. The third kappa shape index (κ3) is 4.41. The zero-order valence-electron chi connectivity index (χ0n) is 12.3. The Hall–Kier alpha value is -1.69. The van der Waals surface area contributed by atoms with Gasteiger partial charge in [-0.15, -0.1) is 0 Å². The molecule has 128 valence electrons. The van der Waals surface area contributed by atoms with Gasteiger partial charge < -0.3 is 14.5 Å². The van der Waals surface area contributed by atoms with Crippen LogP contribution in [0.1, 0.15) is 0 Å². The summed E-state index contributed by atoms with van der Waals surface area (Å²) in [6.45, 7) is 1.22. The number of hydrogen-bond donors (Lipinski definition) is 1. The first kappa shape index (κ1) is 17.7. The molecular weight excluding hydrogens is 348 g/mol. The second kappa shape index (κ2) is 6.83. The van der Waals surface area contributed by atoms with E-state index in [0.717, 1.165) is 18.4 Å². The predicted octanol–water partition coefficient (Wildman–Crippen LogP) is -0.248. The molecule has 1 aromatic rings. The Labute approximate surface area is 134 Å². The van der Waals surface area contributed by atoms with E-state index in [0.29, 0.717) is 13.2 Å². The van der Waals surface area contributed by atoms with Crippen molar-refractivity contribution in [3.05, 3.63) is 24.3 Å². The highest BCUT2D eigenvalue weighted by atomic mass is 32.2. The van der Waals surface area contributed by atoms with Crippen molar-refractivity contribution < 1.29 is 31.2 Å². The summed E-state index contributed by atoms with van der Waals surface area (Å²) in [7, 11) is -8.10. The number of benzene rings is 1. The van der Waals surface area contributed by atoms with Crippen LogP contribution in [0.2, 0.25) is 0 Å². The van der Waals surface area contributed by atoms with Crippen molar-refractivity contribution in [3.63, 3.8) is 0 Å². The van der Waals surface area contributed by atoms with Gasteiger partial charge in [0.15, 0.2) is 9.84 Å². The van der Waals surface area contributed by atoms with E-state index in [-0.39, 0.29) is 18.0 Å². The first-order valence-electron chi connectivity index (χ1n) is 6.56. The first-order valence-corrected chi connectivity index (χ1v) is 9.93. The lowest BCUT2D eigenvalue weighted by molar-refractivity contribution is 0.0203. The zero-order chi connectivity index (χ0) is 17.1. The van der Waals surface area contributed by atoms with Crippen molar-refractivity contribution in [1.82, 2.24) is 9.79 Å². The quantitative estimate of drug-likeness (QED) is 0.732. The second-order valence-corrected chi connectivity index (χ2v) is 8.37. The fraction of sp³-hybridized carbons (Fsp3) is 0.417. The third-order valence-electron chi connectivity index (χ3n) is 3.05. The molecule has 1 aromatic carbocycles. The molecule has 1 aliphatic rings. The monoisotopic (exact) mass is 364 g/mol. The molecule has 1 N–H and O–H groups in total. The maximum Gasteiger partial charge on any atom is 0.429 e. The maximum absolute atomic E-state index is 12.2. The molecule has 0 aromatic heterocycles. The number of morpholine rings is 1. The van der Waals surface area contributed by atoms with Crippen LogP contribution in [0.3, 0.4) is 0 Å². The van der Waals surface area contributed by atoms with Crippen LogP contribution in [-0.2, 0) is 29.4 Å². The van der Waals surface area contributed by atoms with Gasteiger partial charge in [0.1, 0.15) is 4.90 Å². The van der Waals surface area contributed by atoms with Gasteiger partial charge in [-0.1, -0.05) is 12.1 Å². The SMILES string of the molecule is CS(=O)(=O)c1ccccc1S(=O)(=O)NOC(=O)N1CCOCC1. The number of carbonyl (C=O) groups excluding carboxylic acids is 1. The summed E-state index contributed by atoms with van der Waals surface area (Å²) in [4.78, 5) is 18.4. The van der Waals surface area contributed by atoms with E-state index in [1.54, 1.807) is 4.89 Å². The Morgan fingerprint density at radius 2 is 1.70 bits per heavy atom. The molecule has 1 fully saturated rings. The van der Waals surface area contributed by atoms with Gasteiger partial charge in [0.2, 0.25) is 0 Å². The maximum atomic E-state index is 12.2. The standard InChI is InChI=1S/C12H16N2O7S2/c1-22(16,17)10-4-2-3-5-11(10)23(18,19)13-21-12(15)14-6-8-20-9-7-14/h2-5,13H,6-9H2,1H3. The number of nitrogens with one attached hydrogen (secondary N) is 1. The topological polar surface area (TPSA) is 119 Å². The van der Waals surface area contributed by atoms with E-state index in [1.165, 1.54) is 17.0 Å². The Balaban J connectivity index is 2.15. The Kier molecular flexibility index (Phi) is 5.24. The largest absolute Gasteiger partial charge is 0.429 e. The molecule has 0 radical (unpaired) electrons. The van der Waals surface area contributed by atoms with Crippen molar-refractivity contribution in [3.8, 4) is 0 Å². The highest BCUT2D eigenvalue weighted by molar-refractivity contribution is 7.93. The molecule has 1 heterocycles. The van der Waals surface area contributed by atoms with Crippen LogP contribution in [-0.4, -0.2) is 60.4 Å². The van der Waals surface area contributed by atoms with E-state index < -0.39 is 30.8 Å². The molecule has 2 rings (SSSR count). The number of hydrogen-bond acceptors (Lipinski definition) is 7. The fourth-order valence-corrected chi connectivity index (χ4v) is 4.33. The molecule has 0 spiro atoms. The summed E-state index contributed by atoms with van der Waals surface area (Å²) in [5, 5.41) is 0. The predicted molar refractivity (Wildman–Crippen MR) is 78.7 cm³/mol. The number of sulfonamides is 1. The summed E-state index contributed by atoms with van der Waals surface area (Å²) in [5.41, 5.74) is 0. The molecule has 1 saturated heterocycles. The van der Waals surface area contributed by atoms with Crippen molar-refractivity contribution in [2.75, 3.05) is 32.6 Å². The number of rotatable bonds is 4. The lowest BCUT2D eigenvalue weighted by Gasteiger charge is -2.25. The van der Waals surface area contributed by atoms with Gasteiger partial charge in [-0.2, -0.15) is 0 Å². The van der Waals surface area contributed by atoms with Crippen molar-refractivity contribution >= 4 is 26.0 Å². The van der Waals surface area contributed by atoms with Crippen LogP contribution in [0.5, 0.6) is 0 Å². The molecule has 11 heteroatoms. The van der Waals surface area contributed by atoms with Gasteiger partial charge in [-0.05, 0) is 17.0 Å². The molecule has 0 atom stereocenters. The molecule has 1 amide bonds. The molecular formula is C12H16N2O7S2. The lowest BCUT2D eigenvalue weighted by atomic mass is 10.4. The fourth-order valence-electron chi connectivity index (χ4n) is 1.92. The number of amides is 1. The van der Waals surface area contributed by atoms with Gasteiger partial charge in [0.25, 0.3) is 10.0 Å². The average Bonchev–Trinajstić information content (AvgIpc) is 2.53. The van der Waals surface area contributed by atoms with Gasteiger partial charge in [-0.25, -0.2) is 21.6 Å². The van der Waals surface area contributed by atoms with Crippen LogP contribution in [0.15, 0.2) is 34.1 Å². The average molecular weight is 364 g/mol. The minimum absolute atomic E-state index is 0.278. The summed E-state index contributed by atoms with van der Waals surface area (Å²) in [6, 6.07) is 5.04. The molecule has 9 nitrogen and oxygen atoms in total. The van der Waals surface area contributed by atoms with E-state index in [1.807, 2.05) is 0 Å². The first-order chi connectivity index (χ1) is 10.7. The van der Waals surface area contributed by atoms with E-state index >= 15 is 0 Å². The zero-order valence-corrected chi connectivity index (χ0v) is 13.9. The van der Waals surface area contributed by atoms with E-state index in [2.05, 4.69) is 4.84 Å². The van der Waals surface area contributed by atoms with Gasteiger partial charge in [0.05, 0.1) is 18.1 Å². The highest BCUT2D eigenvalue weighted by Crippen LogP contribution is 2.20. The summed E-state index contributed by atoms with van der Waals surface area (Å²) in [5.74, 6) is 0. The van der Waals surface area contributed by atoms with Gasteiger partial charge >= 0.3 is 6.09 Å². The summed E-state index contributed by atoms with van der Waals surface area (Å²) >= 11 is 0. The third-order valence-corrected chi connectivity index (χ3v) is 5.57. The van der Waals surface area contributed by atoms with Crippen LogP contribution in [0.4, 0.5) is 4.79 Å². The van der Waals surface area contributed by atoms with Crippen molar-refractivity contribution in [1.29, 1.82) is 0 Å². The highest BCUT2D eigenvalue weighted by Gasteiger charge is 2.26. The Morgan fingerprint density at radius 1 is 1.13 bits per heavy atom. The smallest absolute Gasteiger partial charge is 0.378 e. The Bertz CT molecular complexity index is 783. The van der Waals surface area contributed by atoms with Gasteiger partial charge in [0, 0.05) is 19.3 Å².